The molecule has 0 fully saturated rings. The third-order valence-electron chi connectivity index (χ3n) is 4.11. The number of nitrogens with one attached hydrogen (secondary N) is 2. The van der Waals surface area contributed by atoms with E-state index >= 15 is 0 Å². The maximum absolute atomic E-state index is 5.49. The highest BCUT2D eigenvalue weighted by Gasteiger charge is 2.13. The molecule has 6 heteroatoms. The summed E-state index contributed by atoms with van der Waals surface area (Å²) in [6, 6.07) is 14.1. The van der Waals surface area contributed by atoms with Crippen LogP contribution in [0.5, 0.6) is 17.2 Å². The molecule has 0 heterocycles. The number of rotatable bonds is 9. The first kappa shape index (κ1) is 20.4. The van der Waals surface area contributed by atoms with Gasteiger partial charge in [0.2, 0.25) is 0 Å². The Balaban J connectivity index is 2.09. The number of ether oxygens (including phenoxy) is 3. The van der Waals surface area contributed by atoms with Gasteiger partial charge in [-0.15, -0.1) is 0 Å². The van der Waals surface area contributed by atoms with Gasteiger partial charge >= 0.3 is 0 Å². The predicted octanol–water partition coefficient (Wildman–Crippen LogP) is 3.01. The molecule has 6 nitrogen and oxygen atoms in total. The molecule has 2 rings (SSSR count). The molecular weight excluding hydrogens is 342 g/mol. The van der Waals surface area contributed by atoms with Crippen molar-refractivity contribution in [2.75, 3.05) is 34.4 Å². The minimum absolute atomic E-state index is 0.428. The molecule has 0 bridgehead atoms. The fraction of sp³-hybridized carbons (Fsp3) is 0.381. The van der Waals surface area contributed by atoms with Crippen LogP contribution in [0.15, 0.2) is 47.5 Å². The van der Waals surface area contributed by atoms with Gasteiger partial charge in [-0.2, -0.15) is 0 Å². The summed E-state index contributed by atoms with van der Waals surface area (Å²) in [5, 5.41) is 6.64. The molecule has 27 heavy (non-hydrogen) atoms. The highest BCUT2D eigenvalue weighted by atomic mass is 16.5. The van der Waals surface area contributed by atoms with Gasteiger partial charge in [0.05, 0.1) is 33.4 Å². The first-order chi connectivity index (χ1) is 13.2. The number of hydrogen-bond donors (Lipinski definition) is 2. The molecular formula is C21H29N3O3. The maximum atomic E-state index is 5.49. The molecule has 0 saturated carbocycles. The van der Waals surface area contributed by atoms with Crippen molar-refractivity contribution in [1.29, 1.82) is 0 Å². The molecule has 0 radical (unpaired) electrons. The van der Waals surface area contributed by atoms with E-state index in [-0.39, 0.29) is 0 Å². The monoisotopic (exact) mass is 371 g/mol. The Labute approximate surface area is 161 Å². The minimum atomic E-state index is 0.428. The topological polar surface area (TPSA) is 64.1 Å². The molecule has 0 saturated heterocycles. The Hall–Kier alpha value is -2.89. The van der Waals surface area contributed by atoms with Crippen LogP contribution in [-0.2, 0) is 13.0 Å². The third-order valence-corrected chi connectivity index (χ3v) is 4.11. The zero-order valence-electron chi connectivity index (χ0n) is 16.5. The van der Waals surface area contributed by atoms with Gasteiger partial charge in [0, 0.05) is 25.2 Å². The highest BCUT2D eigenvalue weighted by Crippen LogP contribution is 2.34. The Morgan fingerprint density at radius 3 is 2.15 bits per heavy atom. The molecule has 0 amide bonds. The summed E-state index contributed by atoms with van der Waals surface area (Å²) in [4.78, 5) is 4.68. The second-order valence-electron chi connectivity index (χ2n) is 5.87. The lowest BCUT2D eigenvalue weighted by atomic mass is 10.1. The van der Waals surface area contributed by atoms with Crippen LogP contribution in [0.2, 0.25) is 0 Å². The third kappa shape index (κ3) is 6.09. The molecule has 0 aliphatic heterocycles. The molecule has 146 valence electrons. The summed E-state index contributed by atoms with van der Waals surface area (Å²) in [7, 11) is 4.88. The summed E-state index contributed by atoms with van der Waals surface area (Å²) in [6.07, 6.45) is 0.931. The Morgan fingerprint density at radius 1 is 0.926 bits per heavy atom. The number of benzene rings is 2. The second kappa shape index (κ2) is 11.0. The number of methoxy groups -OCH3 is 3. The SMILES string of the molecule is CCNC(=NCc1c(OC)cc(OC)cc1OC)NCCc1ccccc1. The van der Waals surface area contributed by atoms with E-state index in [1.807, 2.05) is 25.1 Å². The molecule has 0 aliphatic carbocycles. The number of nitrogens with zero attached hydrogens (tertiary/aromatic N) is 1. The fourth-order valence-electron chi connectivity index (χ4n) is 2.70. The zero-order valence-corrected chi connectivity index (χ0v) is 16.5. The van der Waals surface area contributed by atoms with E-state index in [9.17, 15) is 0 Å². The zero-order chi connectivity index (χ0) is 19.5. The maximum Gasteiger partial charge on any atom is 0.191 e. The van der Waals surface area contributed by atoms with E-state index in [1.165, 1.54) is 5.56 Å². The van der Waals surface area contributed by atoms with Gasteiger partial charge in [-0.05, 0) is 18.9 Å². The van der Waals surface area contributed by atoms with Crippen molar-refractivity contribution >= 4 is 5.96 Å². The van der Waals surface area contributed by atoms with Gasteiger partial charge < -0.3 is 24.8 Å². The van der Waals surface area contributed by atoms with Crippen LogP contribution in [0.4, 0.5) is 0 Å². The van der Waals surface area contributed by atoms with Crippen molar-refractivity contribution in [2.45, 2.75) is 19.9 Å². The second-order valence-corrected chi connectivity index (χ2v) is 5.87. The first-order valence-corrected chi connectivity index (χ1v) is 9.06. The van der Waals surface area contributed by atoms with Gasteiger partial charge in [0.1, 0.15) is 17.2 Å². The van der Waals surface area contributed by atoms with E-state index in [4.69, 9.17) is 14.2 Å². The van der Waals surface area contributed by atoms with Crippen LogP contribution in [-0.4, -0.2) is 40.4 Å². The van der Waals surface area contributed by atoms with Gasteiger partial charge in [-0.25, -0.2) is 4.99 Å². The summed E-state index contributed by atoms with van der Waals surface area (Å²) in [5.41, 5.74) is 2.17. The summed E-state index contributed by atoms with van der Waals surface area (Å²) >= 11 is 0. The van der Waals surface area contributed by atoms with Crippen molar-refractivity contribution in [1.82, 2.24) is 10.6 Å². The van der Waals surface area contributed by atoms with E-state index in [0.717, 1.165) is 31.0 Å². The van der Waals surface area contributed by atoms with Crippen LogP contribution in [0.1, 0.15) is 18.1 Å². The normalized spacial score (nSPS) is 11.0. The fourth-order valence-corrected chi connectivity index (χ4v) is 2.70. The Bertz CT molecular complexity index is 708. The summed E-state index contributed by atoms with van der Waals surface area (Å²) in [5.74, 6) is 2.82. The van der Waals surface area contributed by atoms with Crippen LogP contribution >= 0.6 is 0 Å². The lowest BCUT2D eigenvalue weighted by molar-refractivity contribution is 0.369. The van der Waals surface area contributed by atoms with Crippen molar-refractivity contribution < 1.29 is 14.2 Å². The van der Waals surface area contributed by atoms with Crippen LogP contribution in [0, 0.1) is 0 Å². The molecule has 2 N–H and O–H groups in total. The van der Waals surface area contributed by atoms with Crippen molar-refractivity contribution in [3.63, 3.8) is 0 Å². The summed E-state index contributed by atoms with van der Waals surface area (Å²) < 4.78 is 16.3. The summed E-state index contributed by atoms with van der Waals surface area (Å²) in [6.45, 7) is 4.06. The molecule has 2 aromatic carbocycles. The van der Waals surface area contributed by atoms with Crippen molar-refractivity contribution in [3.05, 3.63) is 53.6 Å². The van der Waals surface area contributed by atoms with E-state index in [0.29, 0.717) is 23.8 Å². The first-order valence-electron chi connectivity index (χ1n) is 9.06. The minimum Gasteiger partial charge on any atom is -0.496 e. The van der Waals surface area contributed by atoms with Crippen molar-refractivity contribution in [3.8, 4) is 17.2 Å². The van der Waals surface area contributed by atoms with Gasteiger partial charge in [-0.3, -0.25) is 0 Å². The van der Waals surface area contributed by atoms with Crippen molar-refractivity contribution in [2.24, 2.45) is 4.99 Å². The van der Waals surface area contributed by atoms with Crippen LogP contribution in [0.25, 0.3) is 0 Å². The van der Waals surface area contributed by atoms with Crippen LogP contribution < -0.4 is 24.8 Å². The number of guanidine groups is 1. The molecule has 0 aromatic heterocycles. The Kier molecular flexibility index (Phi) is 8.29. The lowest BCUT2D eigenvalue weighted by Crippen LogP contribution is -2.38. The molecule has 0 aliphatic rings. The largest absolute Gasteiger partial charge is 0.496 e. The van der Waals surface area contributed by atoms with Gasteiger partial charge in [-0.1, -0.05) is 30.3 Å². The van der Waals surface area contributed by atoms with E-state index < -0.39 is 0 Å². The van der Waals surface area contributed by atoms with Crippen LogP contribution in [0.3, 0.4) is 0 Å². The smallest absolute Gasteiger partial charge is 0.191 e. The predicted molar refractivity (Wildman–Crippen MR) is 109 cm³/mol. The molecule has 0 unspecified atom stereocenters. The lowest BCUT2D eigenvalue weighted by Gasteiger charge is -2.15. The number of hydrogen-bond acceptors (Lipinski definition) is 4. The van der Waals surface area contributed by atoms with E-state index in [2.05, 4.69) is 39.9 Å². The molecule has 2 aromatic rings. The average Bonchev–Trinajstić information content (AvgIpc) is 2.72. The quantitative estimate of drug-likeness (QED) is 0.524. The molecule has 0 atom stereocenters. The number of aliphatic imine (C=N–C) groups is 1. The molecule has 0 spiro atoms. The average molecular weight is 371 g/mol. The van der Waals surface area contributed by atoms with Gasteiger partial charge in [0.25, 0.3) is 0 Å². The standard InChI is InChI=1S/C21H29N3O3/c1-5-22-21(23-12-11-16-9-7-6-8-10-16)24-15-18-19(26-3)13-17(25-2)14-20(18)27-4/h6-10,13-14H,5,11-12,15H2,1-4H3,(H2,22,23,24). The van der Waals surface area contributed by atoms with E-state index in [1.54, 1.807) is 21.3 Å². The Morgan fingerprint density at radius 2 is 1.59 bits per heavy atom. The highest BCUT2D eigenvalue weighted by molar-refractivity contribution is 5.79. The van der Waals surface area contributed by atoms with Gasteiger partial charge in [0.15, 0.2) is 5.96 Å².